The van der Waals surface area contributed by atoms with Crippen molar-refractivity contribution in [1.82, 2.24) is 9.80 Å². The maximum absolute atomic E-state index is 12.3. The molecule has 1 fully saturated rings. The van der Waals surface area contributed by atoms with Gasteiger partial charge in [-0.3, -0.25) is 9.69 Å². The van der Waals surface area contributed by atoms with Crippen LogP contribution in [0.15, 0.2) is 12.1 Å². The number of piperazine rings is 1. The molecule has 0 atom stereocenters. The van der Waals surface area contributed by atoms with E-state index in [1.807, 2.05) is 0 Å². The number of hydrogen-bond donors (Lipinski definition) is 1. The normalized spacial score (nSPS) is 16.0. The number of anilines is 1. The van der Waals surface area contributed by atoms with E-state index in [-0.39, 0.29) is 5.91 Å². The van der Waals surface area contributed by atoms with Gasteiger partial charge in [-0.05, 0) is 13.0 Å². The molecule has 24 heavy (non-hydrogen) atoms. The third kappa shape index (κ3) is 5.00. The van der Waals surface area contributed by atoms with Crippen LogP contribution in [0.2, 0.25) is 5.02 Å². The van der Waals surface area contributed by atoms with Gasteiger partial charge in [-0.2, -0.15) is 0 Å². The van der Waals surface area contributed by atoms with Gasteiger partial charge in [0, 0.05) is 38.3 Å². The molecule has 0 spiro atoms. The molecule has 1 aromatic carbocycles. The molecule has 7 heteroatoms. The molecule has 0 aromatic heterocycles. The zero-order valence-electron chi connectivity index (χ0n) is 14.6. The molecular weight excluding hydrogens is 330 g/mol. The third-order valence-electron chi connectivity index (χ3n) is 4.12. The predicted octanol–water partition coefficient (Wildman–Crippen LogP) is 2.32. The lowest BCUT2D eigenvalue weighted by molar-refractivity contribution is -0.117. The van der Waals surface area contributed by atoms with Crippen molar-refractivity contribution in [3.05, 3.63) is 17.2 Å². The predicted molar refractivity (Wildman–Crippen MR) is 96.4 cm³/mol. The fraction of sp³-hybridized carbons (Fsp3) is 0.588. The van der Waals surface area contributed by atoms with Gasteiger partial charge >= 0.3 is 0 Å². The van der Waals surface area contributed by atoms with Crippen molar-refractivity contribution in [2.24, 2.45) is 0 Å². The maximum atomic E-state index is 12.3. The summed E-state index contributed by atoms with van der Waals surface area (Å²) < 4.78 is 10.5. The smallest absolute Gasteiger partial charge is 0.238 e. The first kappa shape index (κ1) is 18.8. The number of carbonyl (C=O) groups excluding carboxylic acids is 1. The zero-order chi connectivity index (χ0) is 17.5. The molecule has 0 unspecified atom stereocenters. The summed E-state index contributed by atoms with van der Waals surface area (Å²) in [5.41, 5.74) is 0.563. The second kappa shape index (κ2) is 9.11. The molecule has 6 nitrogen and oxygen atoms in total. The number of hydrogen-bond acceptors (Lipinski definition) is 5. The molecule has 0 saturated carbocycles. The molecule has 0 radical (unpaired) electrons. The molecule has 1 heterocycles. The van der Waals surface area contributed by atoms with Crippen LogP contribution in [0, 0.1) is 0 Å². The van der Waals surface area contributed by atoms with Crippen LogP contribution in [0.5, 0.6) is 11.5 Å². The monoisotopic (exact) mass is 355 g/mol. The van der Waals surface area contributed by atoms with Crippen LogP contribution in [0.1, 0.15) is 13.3 Å². The lowest BCUT2D eigenvalue weighted by atomic mass is 10.2. The average molecular weight is 356 g/mol. The lowest BCUT2D eigenvalue weighted by Crippen LogP contribution is -2.48. The van der Waals surface area contributed by atoms with Crippen molar-refractivity contribution < 1.29 is 14.3 Å². The van der Waals surface area contributed by atoms with Crippen molar-refractivity contribution in [3.8, 4) is 11.5 Å². The molecule has 1 aliphatic heterocycles. The summed E-state index contributed by atoms with van der Waals surface area (Å²) >= 11 is 6.08. The van der Waals surface area contributed by atoms with E-state index in [2.05, 4.69) is 22.0 Å². The number of rotatable bonds is 7. The minimum absolute atomic E-state index is 0.0679. The molecule has 1 amide bonds. The first-order chi connectivity index (χ1) is 11.6. The van der Waals surface area contributed by atoms with Crippen LogP contribution in [-0.2, 0) is 4.79 Å². The van der Waals surface area contributed by atoms with Gasteiger partial charge in [0.25, 0.3) is 0 Å². The molecule has 1 aromatic rings. The highest BCUT2D eigenvalue weighted by atomic mass is 35.5. The van der Waals surface area contributed by atoms with Crippen LogP contribution < -0.4 is 14.8 Å². The van der Waals surface area contributed by atoms with Gasteiger partial charge in [-0.25, -0.2) is 0 Å². The molecule has 1 saturated heterocycles. The minimum Gasteiger partial charge on any atom is -0.495 e. The molecule has 1 N–H and O–H groups in total. The quantitative estimate of drug-likeness (QED) is 0.813. The number of ether oxygens (including phenoxy) is 2. The standard InChI is InChI=1S/C17H26ClN3O3/c1-4-5-20-6-8-21(9-7-20)12-17(22)19-14-11-15(23-2)13(18)10-16(14)24-3/h10-11H,4-9,12H2,1-3H3,(H,19,22). The van der Waals surface area contributed by atoms with Gasteiger partial charge in [0.15, 0.2) is 0 Å². The van der Waals surface area contributed by atoms with E-state index in [0.29, 0.717) is 28.8 Å². The summed E-state index contributed by atoms with van der Waals surface area (Å²) in [4.78, 5) is 16.9. The van der Waals surface area contributed by atoms with Gasteiger partial charge in [0.2, 0.25) is 5.91 Å². The number of nitrogens with one attached hydrogen (secondary N) is 1. The Hall–Kier alpha value is -1.50. The first-order valence-electron chi connectivity index (χ1n) is 8.23. The van der Waals surface area contributed by atoms with E-state index in [4.69, 9.17) is 21.1 Å². The first-order valence-corrected chi connectivity index (χ1v) is 8.61. The molecule has 1 aliphatic rings. The molecular formula is C17H26ClN3O3. The molecule has 2 rings (SSSR count). The van der Waals surface area contributed by atoms with Crippen LogP contribution >= 0.6 is 11.6 Å². The van der Waals surface area contributed by atoms with E-state index < -0.39 is 0 Å². The SMILES string of the molecule is CCCN1CCN(CC(=O)Nc2cc(OC)c(Cl)cc2OC)CC1. The van der Waals surface area contributed by atoms with E-state index in [1.165, 1.54) is 13.5 Å². The second-order valence-electron chi connectivity index (χ2n) is 5.85. The number of carbonyl (C=O) groups is 1. The van der Waals surface area contributed by atoms with Gasteiger partial charge in [-0.15, -0.1) is 0 Å². The summed E-state index contributed by atoms with van der Waals surface area (Å²) in [5.74, 6) is 0.949. The van der Waals surface area contributed by atoms with Crippen LogP contribution in [0.3, 0.4) is 0 Å². The van der Waals surface area contributed by atoms with E-state index >= 15 is 0 Å². The fourth-order valence-corrected chi connectivity index (χ4v) is 3.07. The van der Waals surface area contributed by atoms with Crippen molar-refractivity contribution in [2.45, 2.75) is 13.3 Å². The summed E-state index contributed by atoms with van der Waals surface area (Å²) in [5, 5.41) is 3.33. The van der Waals surface area contributed by atoms with Crippen LogP contribution in [0.25, 0.3) is 0 Å². The Bertz CT molecular complexity index is 560. The summed E-state index contributed by atoms with van der Waals surface area (Å²) in [6, 6.07) is 3.32. The van der Waals surface area contributed by atoms with Gasteiger partial charge < -0.3 is 19.7 Å². The Balaban J connectivity index is 1.93. The average Bonchev–Trinajstić information content (AvgIpc) is 2.58. The van der Waals surface area contributed by atoms with Gasteiger partial charge in [-0.1, -0.05) is 18.5 Å². The van der Waals surface area contributed by atoms with E-state index in [1.54, 1.807) is 19.2 Å². The Labute approximate surface area is 148 Å². The van der Waals surface area contributed by atoms with Crippen molar-refractivity contribution in [2.75, 3.05) is 58.8 Å². The van der Waals surface area contributed by atoms with Crippen molar-refractivity contribution in [3.63, 3.8) is 0 Å². The number of halogens is 1. The topological polar surface area (TPSA) is 54.0 Å². The highest BCUT2D eigenvalue weighted by molar-refractivity contribution is 6.32. The number of nitrogens with zero attached hydrogens (tertiary/aromatic N) is 2. The van der Waals surface area contributed by atoms with Crippen LogP contribution in [-0.4, -0.2) is 69.2 Å². The van der Waals surface area contributed by atoms with Crippen molar-refractivity contribution >= 4 is 23.2 Å². The maximum Gasteiger partial charge on any atom is 0.238 e. The number of benzene rings is 1. The zero-order valence-corrected chi connectivity index (χ0v) is 15.4. The summed E-state index contributed by atoms with van der Waals surface area (Å²) in [6.07, 6.45) is 1.17. The fourth-order valence-electron chi connectivity index (χ4n) is 2.84. The highest BCUT2D eigenvalue weighted by Crippen LogP contribution is 2.35. The van der Waals surface area contributed by atoms with E-state index in [9.17, 15) is 4.79 Å². The number of amides is 1. The molecule has 0 bridgehead atoms. The summed E-state index contributed by atoms with van der Waals surface area (Å²) in [7, 11) is 3.08. The minimum atomic E-state index is -0.0679. The van der Waals surface area contributed by atoms with Gasteiger partial charge in [0.05, 0.1) is 31.5 Å². The molecule has 134 valence electrons. The summed E-state index contributed by atoms with van der Waals surface area (Å²) in [6.45, 7) is 7.53. The number of methoxy groups -OCH3 is 2. The van der Waals surface area contributed by atoms with Crippen LogP contribution in [0.4, 0.5) is 5.69 Å². The second-order valence-corrected chi connectivity index (χ2v) is 6.26. The largest absolute Gasteiger partial charge is 0.495 e. The Morgan fingerprint density at radius 1 is 1.12 bits per heavy atom. The molecule has 0 aliphatic carbocycles. The lowest BCUT2D eigenvalue weighted by Gasteiger charge is -2.34. The Kier molecular flexibility index (Phi) is 7.15. The Morgan fingerprint density at radius 3 is 2.33 bits per heavy atom. The Morgan fingerprint density at radius 2 is 1.75 bits per heavy atom. The third-order valence-corrected chi connectivity index (χ3v) is 4.42. The van der Waals surface area contributed by atoms with Gasteiger partial charge in [0.1, 0.15) is 11.5 Å². The highest BCUT2D eigenvalue weighted by Gasteiger charge is 2.19. The van der Waals surface area contributed by atoms with E-state index in [0.717, 1.165) is 32.7 Å². The van der Waals surface area contributed by atoms with Crippen molar-refractivity contribution in [1.29, 1.82) is 0 Å².